The first-order valence-corrected chi connectivity index (χ1v) is 6.25. The normalized spacial score (nSPS) is 10.2. The standard InChI is InChI=1S/C11H7BrN2O2S/c12-7-2-1-3-8(4-7)17-10-6-13-9(5-14-10)11(15)16/h1-6H,(H,15,16). The van der Waals surface area contributed by atoms with E-state index in [9.17, 15) is 4.79 Å². The van der Waals surface area contributed by atoms with Crippen LogP contribution in [0.3, 0.4) is 0 Å². The lowest BCUT2D eigenvalue weighted by atomic mass is 10.4. The fraction of sp³-hybridized carbons (Fsp3) is 0. The number of carboxylic acid groups (broad SMARTS) is 1. The first-order valence-electron chi connectivity index (χ1n) is 4.64. The molecular weight excluding hydrogens is 304 g/mol. The first-order chi connectivity index (χ1) is 8.15. The number of hydrogen-bond acceptors (Lipinski definition) is 4. The van der Waals surface area contributed by atoms with Crippen LogP contribution in [0.5, 0.6) is 0 Å². The summed E-state index contributed by atoms with van der Waals surface area (Å²) >= 11 is 4.80. The Morgan fingerprint density at radius 3 is 2.71 bits per heavy atom. The fourth-order valence-electron chi connectivity index (χ4n) is 1.13. The lowest BCUT2D eigenvalue weighted by Gasteiger charge is -2.01. The van der Waals surface area contributed by atoms with Gasteiger partial charge in [-0.1, -0.05) is 33.8 Å². The van der Waals surface area contributed by atoms with E-state index in [0.29, 0.717) is 5.03 Å². The predicted molar refractivity (Wildman–Crippen MR) is 67.3 cm³/mol. The maximum atomic E-state index is 10.6. The molecule has 2 aromatic rings. The minimum Gasteiger partial charge on any atom is -0.476 e. The molecule has 4 nitrogen and oxygen atoms in total. The van der Waals surface area contributed by atoms with Gasteiger partial charge < -0.3 is 5.11 Å². The van der Waals surface area contributed by atoms with Gasteiger partial charge in [-0.3, -0.25) is 0 Å². The van der Waals surface area contributed by atoms with E-state index in [1.807, 2.05) is 24.3 Å². The van der Waals surface area contributed by atoms with Gasteiger partial charge in [-0.05, 0) is 18.2 Å². The van der Waals surface area contributed by atoms with Crippen LogP contribution in [0.15, 0.2) is 51.1 Å². The van der Waals surface area contributed by atoms with Crippen molar-refractivity contribution in [3.63, 3.8) is 0 Å². The van der Waals surface area contributed by atoms with Crippen LogP contribution < -0.4 is 0 Å². The van der Waals surface area contributed by atoms with Crippen LogP contribution in [0.1, 0.15) is 10.5 Å². The number of hydrogen-bond donors (Lipinski definition) is 1. The van der Waals surface area contributed by atoms with Gasteiger partial charge >= 0.3 is 5.97 Å². The third-order valence-corrected chi connectivity index (χ3v) is 3.27. The predicted octanol–water partition coefficient (Wildman–Crippen LogP) is 3.09. The summed E-state index contributed by atoms with van der Waals surface area (Å²) in [4.78, 5) is 19.4. The molecule has 1 heterocycles. The van der Waals surface area contributed by atoms with Gasteiger partial charge in [0.25, 0.3) is 0 Å². The molecule has 17 heavy (non-hydrogen) atoms. The number of carboxylic acids is 1. The molecule has 0 radical (unpaired) electrons. The minimum absolute atomic E-state index is 0.0522. The lowest BCUT2D eigenvalue weighted by Crippen LogP contribution is -2.00. The van der Waals surface area contributed by atoms with Gasteiger partial charge in [0.15, 0.2) is 5.69 Å². The Balaban J connectivity index is 2.16. The molecule has 0 aliphatic rings. The Labute approximate surface area is 110 Å². The third kappa shape index (κ3) is 3.28. The van der Waals surface area contributed by atoms with Gasteiger partial charge in [-0.25, -0.2) is 14.8 Å². The number of carbonyl (C=O) groups is 1. The highest BCUT2D eigenvalue weighted by atomic mass is 79.9. The third-order valence-electron chi connectivity index (χ3n) is 1.87. The second kappa shape index (κ2) is 5.29. The van der Waals surface area contributed by atoms with E-state index in [1.165, 1.54) is 24.2 Å². The van der Waals surface area contributed by atoms with Crippen LogP contribution in [0, 0.1) is 0 Å². The van der Waals surface area contributed by atoms with Crippen molar-refractivity contribution in [3.8, 4) is 0 Å². The highest BCUT2D eigenvalue weighted by Gasteiger charge is 2.05. The maximum Gasteiger partial charge on any atom is 0.356 e. The van der Waals surface area contributed by atoms with Crippen molar-refractivity contribution in [2.45, 2.75) is 9.92 Å². The van der Waals surface area contributed by atoms with Crippen molar-refractivity contribution < 1.29 is 9.90 Å². The number of nitrogens with zero attached hydrogens (tertiary/aromatic N) is 2. The Hall–Kier alpha value is -1.40. The second-order valence-electron chi connectivity index (χ2n) is 3.10. The minimum atomic E-state index is -1.07. The van der Waals surface area contributed by atoms with Crippen molar-refractivity contribution in [2.24, 2.45) is 0 Å². The molecule has 86 valence electrons. The number of aromatic carboxylic acids is 1. The van der Waals surface area contributed by atoms with E-state index in [-0.39, 0.29) is 5.69 Å². The molecule has 0 saturated carbocycles. The Morgan fingerprint density at radius 1 is 1.29 bits per heavy atom. The summed E-state index contributed by atoms with van der Waals surface area (Å²) in [6.07, 6.45) is 2.71. The molecule has 2 rings (SSSR count). The highest BCUT2D eigenvalue weighted by Crippen LogP contribution is 2.27. The van der Waals surface area contributed by atoms with Gasteiger partial charge in [0.05, 0.1) is 12.4 Å². The average Bonchev–Trinajstić information content (AvgIpc) is 2.29. The largest absolute Gasteiger partial charge is 0.476 e. The molecule has 0 atom stereocenters. The Kier molecular flexibility index (Phi) is 3.75. The molecule has 0 aliphatic heterocycles. The molecule has 0 spiro atoms. The summed E-state index contributed by atoms with van der Waals surface area (Å²) in [7, 11) is 0. The van der Waals surface area contributed by atoms with Crippen LogP contribution in [0.25, 0.3) is 0 Å². The molecular formula is C11H7BrN2O2S. The molecule has 0 amide bonds. The highest BCUT2D eigenvalue weighted by molar-refractivity contribution is 9.10. The molecule has 0 saturated heterocycles. The van der Waals surface area contributed by atoms with Gasteiger partial charge in [0.2, 0.25) is 0 Å². The van der Waals surface area contributed by atoms with Crippen molar-refractivity contribution in [2.75, 3.05) is 0 Å². The molecule has 0 unspecified atom stereocenters. The van der Waals surface area contributed by atoms with Crippen molar-refractivity contribution in [1.82, 2.24) is 9.97 Å². The van der Waals surface area contributed by atoms with Crippen LogP contribution in [0.2, 0.25) is 0 Å². The van der Waals surface area contributed by atoms with E-state index in [2.05, 4.69) is 25.9 Å². The summed E-state index contributed by atoms with van der Waals surface area (Å²) in [5, 5.41) is 9.35. The van der Waals surface area contributed by atoms with Gasteiger partial charge in [0, 0.05) is 9.37 Å². The lowest BCUT2D eigenvalue weighted by molar-refractivity contribution is 0.0689. The zero-order valence-electron chi connectivity index (χ0n) is 8.50. The number of halogens is 1. The second-order valence-corrected chi connectivity index (χ2v) is 5.11. The first kappa shape index (κ1) is 12.1. The zero-order valence-corrected chi connectivity index (χ0v) is 10.9. The van der Waals surface area contributed by atoms with E-state index in [0.717, 1.165) is 9.37 Å². The smallest absolute Gasteiger partial charge is 0.356 e. The fourth-order valence-corrected chi connectivity index (χ4v) is 2.47. The van der Waals surface area contributed by atoms with Crippen molar-refractivity contribution >= 4 is 33.7 Å². The number of benzene rings is 1. The van der Waals surface area contributed by atoms with Crippen LogP contribution in [-0.2, 0) is 0 Å². The van der Waals surface area contributed by atoms with E-state index in [1.54, 1.807) is 0 Å². The summed E-state index contributed by atoms with van der Waals surface area (Å²) in [5.41, 5.74) is -0.0522. The Bertz CT molecular complexity index is 545. The summed E-state index contributed by atoms with van der Waals surface area (Å²) in [5.74, 6) is -1.07. The summed E-state index contributed by atoms with van der Waals surface area (Å²) in [6, 6.07) is 7.76. The van der Waals surface area contributed by atoms with E-state index < -0.39 is 5.97 Å². The molecule has 1 N–H and O–H groups in total. The molecule has 1 aromatic carbocycles. The quantitative estimate of drug-likeness (QED) is 0.944. The van der Waals surface area contributed by atoms with Crippen LogP contribution >= 0.6 is 27.7 Å². The number of rotatable bonds is 3. The summed E-state index contributed by atoms with van der Waals surface area (Å²) in [6.45, 7) is 0. The molecule has 6 heteroatoms. The monoisotopic (exact) mass is 310 g/mol. The molecule has 0 fully saturated rings. The average molecular weight is 311 g/mol. The van der Waals surface area contributed by atoms with Gasteiger partial charge in [0.1, 0.15) is 5.03 Å². The Morgan fingerprint density at radius 2 is 2.12 bits per heavy atom. The summed E-state index contributed by atoms with van der Waals surface area (Å²) < 4.78 is 0.984. The van der Waals surface area contributed by atoms with E-state index in [4.69, 9.17) is 5.11 Å². The zero-order chi connectivity index (χ0) is 12.3. The molecule has 0 bridgehead atoms. The topological polar surface area (TPSA) is 63.1 Å². The molecule has 1 aromatic heterocycles. The maximum absolute atomic E-state index is 10.6. The SMILES string of the molecule is O=C(O)c1cnc(Sc2cccc(Br)c2)cn1. The van der Waals surface area contributed by atoms with Gasteiger partial charge in [-0.15, -0.1) is 0 Å². The van der Waals surface area contributed by atoms with Gasteiger partial charge in [-0.2, -0.15) is 0 Å². The molecule has 0 aliphatic carbocycles. The van der Waals surface area contributed by atoms with Crippen molar-refractivity contribution in [1.29, 1.82) is 0 Å². The van der Waals surface area contributed by atoms with Crippen LogP contribution in [0.4, 0.5) is 0 Å². The van der Waals surface area contributed by atoms with Crippen molar-refractivity contribution in [3.05, 3.63) is 46.8 Å². The van der Waals surface area contributed by atoms with Crippen LogP contribution in [-0.4, -0.2) is 21.0 Å². The van der Waals surface area contributed by atoms with E-state index >= 15 is 0 Å². The number of aromatic nitrogens is 2.